The van der Waals surface area contributed by atoms with Crippen LogP contribution in [0, 0.1) is 6.92 Å². The zero-order valence-corrected chi connectivity index (χ0v) is 14.5. The molecule has 0 aromatic heterocycles. The Bertz CT molecular complexity index is 726. The fraction of sp³-hybridized carbons (Fsp3) is 0.263. The first kappa shape index (κ1) is 18.0. The maximum Gasteiger partial charge on any atom is 0.291 e. The highest BCUT2D eigenvalue weighted by Gasteiger charge is 2.13. The quantitative estimate of drug-likeness (QED) is 0.765. The van der Waals surface area contributed by atoms with Crippen molar-refractivity contribution < 1.29 is 14.3 Å². The van der Waals surface area contributed by atoms with Crippen molar-refractivity contribution in [3.63, 3.8) is 0 Å². The third-order valence-electron chi connectivity index (χ3n) is 3.70. The number of hydrogen-bond acceptors (Lipinski definition) is 3. The first-order chi connectivity index (χ1) is 11.5. The highest BCUT2D eigenvalue weighted by Crippen LogP contribution is 2.19. The lowest BCUT2D eigenvalue weighted by Gasteiger charge is -2.07. The number of benzene rings is 2. The van der Waals surface area contributed by atoms with E-state index >= 15 is 0 Å². The van der Waals surface area contributed by atoms with Crippen LogP contribution in [0.15, 0.2) is 42.5 Å². The molecular formula is C19H20ClNO3. The standard InChI is InChI=1S/C19H20ClNO3/c1-13-12-15(8-11-17(13)20)21-19(23)18(22)5-3-4-14-6-9-16(24-2)10-7-14/h6-12H,3-5H2,1-2H3,(H,21,23). The lowest BCUT2D eigenvalue weighted by molar-refractivity contribution is -0.134. The molecule has 0 saturated heterocycles. The molecule has 5 heteroatoms. The topological polar surface area (TPSA) is 55.4 Å². The monoisotopic (exact) mass is 345 g/mol. The van der Waals surface area contributed by atoms with Crippen LogP contribution in [-0.2, 0) is 16.0 Å². The molecule has 0 aliphatic heterocycles. The molecule has 0 spiro atoms. The van der Waals surface area contributed by atoms with Crippen LogP contribution in [0.2, 0.25) is 5.02 Å². The summed E-state index contributed by atoms with van der Waals surface area (Å²) in [4.78, 5) is 23.9. The Morgan fingerprint density at radius 2 is 1.83 bits per heavy atom. The van der Waals surface area contributed by atoms with Crippen LogP contribution < -0.4 is 10.1 Å². The maximum atomic E-state index is 11.9. The molecule has 2 aromatic rings. The molecule has 1 N–H and O–H groups in total. The minimum Gasteiger partial charge on any atom is -0.497 e. The number of amides is 1. The SMILES string of the molecule is COc1ccc(CCCC(=O)C(=O)Nc2ccc(Cl)c(C)c2)cc1. The smallest absolute Gasteiger partial charge is 0.291 e. The number of halogens is 1. The van der Waals surface area contributed by atoms with Crippen LogP contribution in [0.1, 0.15) is 24.0 Å². The Hall–Kier alpha value is -2.33. The van der Waals surface area contributed by atoms with E-state index in [1.165, 1.54) is 0 Å². The molecule has 0 unspecified atom stereocenters. The second kappa shape index (κ2) is 8.50. The Kier molecular flexibility index (Phi) is 6.38. The number of rotatable bonds is 7. The second-order valence-corrected chi connectivity index (χ2v) is 5.95. The summed E-state index contributed by atoms with van der Waals surface area (Å²) in [6.07, 6.45) is 1.58. The Morgan fingerprint density at radius 3 is 2.46 bits per heavy atom. The molecule has 0 heterocycles. The van der Waals surface area contributed by atoms with Crippen molar-refractivity contribution in [3.05, 3.63) is 58.6 Å². The molecule has 0 aliphatic rings. The van der Waals surface area contributed by atoms with Crippen LogP contribution >= 0.6 is 11.6 Å². The van der Waals surface area contributed by atoms with Crippen molar-refractivity contribution in [1.29, 1.82) is 0 Å². The normalized spacial score (nSPS) is 10.3. The van der Waals surface area contributed by atoms with Gasteiger partial charge in [0, 0.05) is 17.1 Å². The number of ether oxygens (including phenoxy) is 1. The van der Waals surface area contributed by atoms with Gasteiger partial charge in [0.25, 0.3) is 5.91 Å². The highest BCUT2D eigenvalue weighted by molar-refractivity contribution is 6.40. The number of ketones is 1. The predicted octanol–water partition coefficient (Wildman–Crippen LogP) is 4.19. The van der Waals surface area contributed by atoms with E-state index in [2.05, 4.69) is 5.32 Å². The summed E-state index contributed by atoms with van der Waals surface area (Å²) in [6.45, 7) is 1.84. The van der Waals surface area contributed by atoms with E-state index in [0.29, 0.717) is 17.1 Å². The first-order valence-corrected chi connectivity index (χ1v) is 8.10. The van der Waals surface area contributed by atoms with Gasteiger partial charge in [0.1, 0.15) is 5.75 Å². The summed E-state index contributed by atoms with van der Waals surface area (Å²) in [7, 11) is 1.62. The summed E-state index contributed by atoms with van der Waals surface area (Å²) in [6, 6.07) is 12.8. The number of carbonyl (C=O) groups excluding carboxylic acids is 2. The van der Waals surface area contributed by atoms with E-state index < -0.39 is 11.7 Å². The lowest BCUT2D eigenvalue weighted by atomic mass is 10.1. The molecule has 0 aliphatic carbocycles. The van der Waals surface area contributed by atoms with E-state index in [4.69, 9.17) is 16.3 Å². The molecule has 0 radical (unpaired) electrons. The second-order valence-electron chi connectivity index (χ2n) is 5.54. The minimum absolute atomic E-state index is 0.213. The molecule has 2 aromatic carbocycles. The largest absolute Gasteiger partial charge is 0.497 e. The van der Waals surface area contributed by atoms with E-state index in [-0.39, 0.29) is 6.42 Å². The Labute approximate surface area is 146 Å². The molecule has 4 nitrogen and oxygen atoms in total. The highest BCUT2D eigenvalue weighted by atomic mass is 35.5. The minimum atomic E-state index is -0.591. The fourth-order valence-corrected chi connectivity index (χ4v) is 2.40. The number of anilines is 1. The average Bonchev–Trinajstić information content (AvgIpc) is 2.58. The molecule has 2 rings (SSSR count). The molecule has 0 saturated carbocycles. The number of aryl methyl sites for hydroxylation is 2. The maximum absolute atomic E-state index is 11.9. The molecule has 1 amide bonds. The zero-order chi connectivity index (χ0) is 17.5. The van der Waals surface area contributed by atoms with Crippen molar-refractivity contribution in [2.45, 2.75) is 26.2 Å². The zero-order valence-electron chi connectivity index (χ0n) is 13.8. The number of carbonyl (C=O) groups is 2. The summed E-state index contributed by atoms with van der Waals surface area (Å²) in [5.74, 6) is -0.213. The van der Waals surface area contributed by atoms with Gasteiger partial charge in [0.05, 0.1) is 7.11 Å². The van der Waals surface area contributed by atoms with E-state index in [9.17, 15) is 9.59 Å². The Morgan fingerprint density at radius 1 is 1.12 bits per heavy atom. The van der Waals surface area contributed by atoms with Gasteiger partial charge in [-0.25, -0.2) is 0 Å². The van der Waals surface area contributed by atoms with Crippen LogP contribution in [0.4, 0.5) is 5.69 Å². The average molecular weight is 346 g/mol. The van der Waals surface area contributed by atoms with Crippen molar-refractivity contribution in [1.82, 2.24) is 0 Å². The lowest BCUT2D eigenvalue weighted by Crippen LogP contribution is -2.22. The van der Waals surface area contributed by atoms with Gasteiger partial charge in [-0.3, -0.25) is 9.59 Å². The van der Waals surface area contributed by atoms with Gasteiger partial charge >= 0.3 is 0 Å². The summed E-state index contributed by atoms with van der Waals surface area (Å²) >= 11 is 5.94. The van der Waals surface area contributed by atoms with Gasteiger partial charge in [-0.2, -0.15) is 0 Å². The first-order valence-electron chi connectivity index (χ1n) is 7.73. The number of methoxy groups -OCH3 is 1. The number of Topliss-reactive ketones (excluding diaryl/α,β-unsaturated/α-hetero) is 1. The fourth-order valence-electron chi connectivity index (χ4n) is 2.28. The van der Waals surface area contributed by atoms with Crippen molar-refractivity contribution >= 4 is 29.0 Å². The van der Waals surface area contributed by atoms with Gasteiger partial charge in [-0.05, 0) is 61.2 Å². The van der Waals surface area contributed by atoms with Gasteiger partial charge in [-0.1, -0.05) is 23.7 Å². The number of nitrogens with one attached hydrogen (secondary N) is 1. The van der Waals surface area contributed by atoms with Crippen molar-refractivity contribution in [2.75, 3.05) is 12.4 Å². The molecule has 0 atom stereocenters. The molecule has 0 bridgehead atoms. The van der Waals surface area contributed by atoms with E-state index in [1.54, 1.807) is 25.3 Å². The third kappa shape index (κ3) is 5.10. The van der Waals surface area contributed by atoms with Gasteiger partial charge in [0.15, 0.2) is 0 Å². The van der Waals surface area contributed by atoms with Crippen molar-refractivity contribution in [3.8, 4) is 5.75 Å². The van der Waals surface area contributed by atoms with Crippen LogP contribution in [0.3, 0.4) is 0 Å². The summed E-state index contributed by atoms with van der Waals surface area (Å²) in [5, 5.41) is 3.23. The van der Waals surface area contributed by atoms with E-state index in [0.717, 1.165) is 23.3 Å². The molecule has 24 heavy (non-hydrogen) atoms. The van der Waals surface area contributed by atoms with Crippen LogP contribution in [0.25, 0.3) is 0 Å². The molecule has 126 valence electrons. The van der Waals surface area contributed by atoms with Crippen molar-refractivity contribution in [2.24, 2.45) is 0 Å². The molecular weight excluding hydrogens is 326 g/mol. The number of hydrogen-bond donors (Lipinski definition) is 1. The van der Waals surface area contributed by atoms with Gasteiger partial charge in [0.2, 0.25) is 5.78 Å². The Balaban J connectivity index is 1.80. The summed E-state index contributed by atoms with van der Waals surface area (Å²) < 4.78 is 5.10. The predicted molar refractivity (Wildman–Crippen MR) is 95.8 cm³/mol. The van der Waals surface area contributed by atoms with Gasteiger partial charge in [-0.15, -0.1) is 0 Å². The van der Waals surface area contributed by atoms with E-state index in [1.807, 2.05) is 31.2 Å². The third-order valence-corrected chi connectivity index (χ3v) is 4.12. The van der Waals surface area contributed by atoms with Crippen LogP contribution in [0.5, 0.6) is 5.75 Å². The van der Waals surface area contributed by atoms with Crippen LogP contribution in [-0.4, -0.2) is 18.8 Å². The van der Waals surface area contributed by atoms with Gasteiger partial charge < -0.3 is 10.1 Å². The molecule has 0 fully saturated rings. The summed E-state index contributed by atoms with van der Waals surface area (Å²) in [5.41, 5.74) is 2.53.